The first-order chi connectivity index (χ1) is 15.2. The summed E-state index contributed by atoms with van der Waals surface area (Å²) in [6.07, 6.45) is 5.49. The Morgan fingerprint density at radius 1 is 1.00 bits per heavy atom. The van der Waals surface area contributed by atoms with E-state index in [1.54, 1.807) is 13.2 Å². The second-order valence-corrected chi connectivity index (χ2v) is 10.9. The van der Waals surface area contributed by atoms with Crippen molar-refractivity contribution >= 4 is 21.2 Å². The number of aliphatic imine (C=N–C) groups is 1. The van der Waals surface area contributed by atoms with E-state index >= 15 is 0 Å². The first-order valence-corrected chi connectivity index (χ1v) is 13.2. The van der Waals surface area contributed by atoms with Crippen molar-refractivity contribution in [2.24, 2.45) is 4.99 Å². The van der Waals surface area contributed by atoms with E-state index in [0.717, 1.165) is 61.2 Å². The Balaban J connectivity index is 2.30. The molecular formula is C26H36N2O3S. The lowest BCUT2D eigenvalue weighted by atomic mass is 9.88. The lowest BCUT2D eigenvalue weighted by molar-refractivity contribution is 0.380. The zero-order valence-electron chi connectivity index (χ0n) is 20.0. The van der Waals surface area contributed by atoms with Gasteiger partial charge in [-0.2, -0.15) is 0 Å². The maximum Gasteiger partial charge on any atom is 0.181 e. The Kier molecular flexibility index (Phi) is 7.65. The van der Waals surface area contributed by atoms with Gasteiger partial charge < -0.3 is 9.64 Å². The predicted molar refractivity (Wildman–Crippen MR) is 133 cm³/mol. The molecule has 1 heterocycles. The molecule has 1 aliphatic rings. The van der Waals surface area contributed by atoms with Crippen LogP contribution in [0.2, 0.25) is 0 Å². The van der Waals surface area contributed by atoms with Crippen LogP contribution in [-0.2, 0) is 9.84 Å². The number of ether oxygens (including phenoxy) is 1. The normalized spacial score (nSPS) is 16.6. The molecule has 2 aromatic carbocycles. The van der Waals surface area contributed by atoms with Crippen LogP contribution in [-0.4, -0.2) is 46.6 Å². The fourth-order valence-electron chi connectivity index (χ4n) is 4.38. The number of methoxy groups -OCH3 is 1. The number of nitrogens with zero attached hydrogens (tertiary/aromatic N) is 2. The van der Waals surface area contributed by atoms with Gasteiger partial charge in [-0.15, -0.1) is 0 Å². The number of hydrogen-bond donors (Lipinski definition) is 0. The average Bonchev–Trinajstić information content (AvgIpc) is 2.88. The van der Waals surface area contributed by atoms with Gasteiger partial charge in [0.15, 0.2) is 9.84 Å². The molecule has 0 bridgehead atoms. The second kappa shape index (κ2) is 10.1. The van der Waals surface area contributed by atoms with Crippen molar-refractivity contribution in [3.8, 4) is 5.75 Å². The van der Waals surface area contributed by atoms with Crippen molar-refractivity contribution < 1.29 is 13.2 Å². The van der Waals surface area contributed by atoms with Crippen molar-refractivity contribution in [3.63, 3.8) is 0 Å². The van der Waals surface area contributed by atoms with E-state index in [4.69, 9.17) is 9.73 Å². The topological polar surface area (TPSA) is 59.0 Å². The van der Waals surface area contributed by atoms with Gasteiger partial charge in [0.1, 0.15) is 5.75 Å². The molecule has 0 unspecified atom stereocenters. The van der Waals surface area contributed by atoms with Crippen molar-refractivity contribution in [1.29, 1.82) is 0 Å². The van der Waals surface area contributed by atoms with Crippen molar-refractivity contribution in [3.05, 3.63) is 53.6 Å². The molecule has 0 N–H and O–H groups in total. The molecule has 1 aliphatic heterocycles. The molecule has 5 nitrogen and oxygen atoms in total. The molecule has 0 amide bonds. The van der Waals surface area contributed by atoms with Gasteiger partial charge in [0.25, 0.3) is 0 Å². The molecule has 0 saturated heterocycles. The van der Waals surface area contributed by atoms with Crippen LogP contribution in [0.4, 0.5) is 5.69 Å². The highest BCUT2D eigenvalue weighted by Gasteiger charge is 2.40. The quantitative estimate of drug-likeness (QED) is 0.499. The van der Waals surface area contributed by atoms with E-state index in [1.165, 1.54) is 0 Å². The zero-order chi connectivity index (χ0) is 23.4. The SMILES string of the molecule is CCCCC1(CCCC)CS(=O)(=O)c2ccc(N(C)C)cc2C(c2ccc(OC)cc2)=N1. The molecule has 0 aliphatic carbocycles. The highest BCUT2D eigenvalue weighted by molar-refractivity contribution is 7.91. The van der Waals surface area contributed by atoms with Crippen LogP contribution in [0.1, 0.15) is 63.5 Å². The van der Waals surface area contributed by atoms with Gasteiger partial charge in [0.2, 0.25) is 0 Å². The lowest BCUT2D eigenvalue weighted by Gasteiger charge is -2.29. The zero-order valence-corrected chi connectivity index (χ0v) is 20.8. The fourth-order valence-corrected chi connectivity index (χ4v) is 6.36. The van der Waals surface area contributed by atoms with Gasteiger partial charge in [-0.1, -0.05) is 39.5 Å². The van der Waals surface area contributed by atoms with E-state index in [0.29, 0.717) is 10.5 Å². The first-order valence-electron chi connectivity index (χ1n) is 11.5. The van der Waals surface area contributed by atoms with Crippen LogP contribution >= 0.6 is 0 Å². The Hall–Kier alpha value is -2.34. The van der Waals surface area contributed by atoms with Gasteiger partial charge in [-0.05, 0) is 55.3 Å². The molecule has 0 aromatic heterocycles. The number of benzene rings is 2. The summed E-state index contributed by atoms with van der Waals surface area (Å²) in [4.78, 5) is 7.70. The van der Waals surface area contributed by atoms with Gasteiger partial charge in [0.05, 0.1) is 29.0 Å². The standard InChI is InChI=1S/C26H36N2O3S/c1-6-8-16-26(17-9-7-2)19-32(29,30)24-15-12-21(28(3)4)18-23(24)25(27-26)20-10-13-22(31-5)14-11-20/h10-15,18H,6-9,16-17,19H2,1-5H3. The number of sulfone groups is 1. The van der Waals surface area contributed by atoms with E-state index in [9.17, 15) is 8.42 Å². The molecule has 174 valence electrons. The molecule has 32 heavy (non-hydrogen) atoms. The summed E-state index contributed by atoms with van der Waals surface area (Å²) in [7, 11) is 2.07. The first kappa shape index (κ1) is 24.3. The fraction of sp³-hybridized carbons (Fsp3) is 0.500. The average molecular weight is 457 g/mol. The number of unbranched alkanes of at least 4 members (excludes halogenated alkanes) is 2. The number of fused-ring (bicyclic) bond motifs is 1. The van der Waals surface area contributed by atoms with Crippen LogP contribution in [0, 0.1) is 0 Å². The van der Waals surface area contributed by atoms with Crippen LogP contribution in [0.25, 0.3) is 0 Å². The number of hydrogen-bond acceptors (Lipinski definition) is 5. The maximum absolute atomic E-state index is 13.7. The van der Waals surface area contributed by atoms with Gasteiger partial charge in [-0.3, -0.25) is 4.99 Å². The monoisotopic (exact) mass is 456 g/mol. The van der Waals surface area contributed by atoms with Crippen LogP contribution in [0.3, 0.4) is 0 Å². The van der Waals surface area contributed by atoms with Crippen LogP contribution < -0.4 is 9.64 Å². The minimum atomic E-state index is -3.50. The van der Waals surface area contributed by atoms with Gasteiger partial charge in [-0.25, -0.2) is 8.42 Å². The summed E-state index contributed by atoms with van der Waals surface area (Å²) in [6.45, 7) is 4.29. The summed E-state index contributed by atoms with van der Waals surface area (Å²) in [5, 5.41) is 0. The summed E-state index contributed by atoms with van der Waals surface area (Å²) in [5.74, 6) is 0.828. The predicted octanol–water partition coefficient (Wildman–Crippen LogP) is 5.51. The van der Waals surface area contributed by atoms with Crippen molar-refractivity contribution in [2.45, 2.75) is 62.8 Å². The Morgan fingerprint density at radius 3 is 2.16 bits per heavy atom. The highest BCUT2D eigenvalue weighted by Crippen LogP contribution is 2.37. The van der Waals surface area contributed by atoms with Crippen LogP contribution in [0.5, 0.6) is 5.75 Å². The maximum atomic E-state index is 13.7. The minimum absolute atomic E-state index is 0.0635. The third kappa shape index (κ3) is 5.17. The van der Waals surface area contributed by atoms with E-state index in [2.05, 4.69) is 13.8 Å². The van der Waals surface area contributed by atoms with E-state index in [-0.39, 0.29) is 5.75 Å². The van der Waals surface area contributed by atoms with E-state index in [1.807, 2.05) is 55.4 Å². The summed E-state index contributed by atoms with van der Waals surface area (Å²) >= 11 is 0. The van der Waals surface area contributed by atoms with E-state index < -0.39 is 15.4 Å². The third-order valence-electron chi connectivity index (χ3n) is 6.23. The van der Waals surface area contributed by atoms with Gasteiger partial charge in [0, 0.05) is 30.9 Å². The third-order valence-corrected chi connectivity index (χ3v) is 8.18. The summed E-state index contributed by atoms with van der Waals surface area (Å²) in [6, 6.07) is 13.4. The smallest absolute Gasteiger partial charge is 0.181 e. The molecule has 0 atom stereocenters. The lowest BCUT2D eigenvalue weighted by Crippen LogP contribution is -2.35. The van der Waals surface area contributed by atoms with Gasteiger partial charge >= 0.3 is 0 Å². The summed E-state index contributed by atoms with van der Waals surface area (Å²) in [5.41, 5.74) is 2.71. The Morgan fingerprint density at radius 2 is 1.62 bits per heavy atom. The molecule has 0 saturated carbocycles. The second-order valence-electron chi connectivity index (χ2n) is 8.95. The number of anilines is 1. The van der Waals surface area contributed by atoms with Crippen molar-refractivity contribution in [2.75, 3.05) is 31.9 Å². The Labute approximate surface area is 193 Å². The molecule has 2 aromatic rings. The minimum Gasteiger partial charge on any atom is -0.497 e. The van der Waals surface area contributed by atoms with Crippen molar-refractivity contribution in [1.82, 2.24) is 0 Å². The molecule has 6 heteroatoms. The summed E-state index contributed by atoms with van der Waals surface area (Å²) < 4.78 is 32.7. The Bertz CT molecular complexity index is 1050. The number of rotatable bonds is 9. The molecular weight excluding hydrogens is 420 g/mol. The molecule has 0 radical (unpaired) electrons. The largest absolute Gasteiger partial charge is 0.497 e. The highest BCUT2D eigenvalue weighted by atomic mass is 32.2. The molecule has 0 spiro atoms. The molecule has 3 rings (SSSR count). The van der Waals surface area contributed by atoms with Crippen LogP contribution in [0.15, 0.2) is 52.4 Å². The molecule has 0 fully saturated rings.